The molecule has 1 aromatic rings. The van der Waals surface area contributed by atoms with E-state index in [1.807, 2.05) is 23.1 Å². The van der Waals surface area contributed by atoms with Crippen molar-refractivity contribution in [3.8, 4) is 5.75 Å². The molecule has 0 aliphatic carbocycles. The van der Waals surface area contributed by atoms with Gasteiger partial charge in [-0.15, -0.1) is 0 Å². The molecule has 0 bridgehead atoms. The Morgan fingerprint density at radius 2 is 2.04 bits per heavy atom. The number of benzene rings is 1. The summed E-state index contributed by atoms with van der Waals surface area (Å²) in [6, 6.07) is 5.90. The third-order valence-corrected chi connectivity index (χ3v) is 4.54. The Morgan fingerprint density at radius 1 is 1.26 bits per heavy atom. The molecule has 1 atom stereocenters. The summed E-state index contributed by atoms with van der Waals surface area (Å²) in [5, 5.41) is 0. The van der Waals surface area contributed by atoms with Gasteiger partial charge in [0.05, 0.1) is 18.9 Å². The minimum absolute atomic E-state index is 0.00739. The lowest BCUT2D eigenvalue weighted by atomic mass is 10.0. The molecular formula is C17H25N3O3. The van der Waals surface area contributed by atoms with Crippen molar-refractivity contribution in [1.82, 2.24) is 4.90 Å². The van der Waals surface area contributed by atoms with Crippen molar-refractivity contribution in [1.29, 1.82) is 0 Å². The van der Waals surface area contributed by atoms with Gasteiger partial charge in [-0.05, 0) is 24.1 Å². The van der Waals surface area contributed by atoms with Gasteiger partial charge in [-0.1, -0.05) is 13.0 Å². The number of carbonyl (C=O) groups excluding carboxylic acids is 1. The number of rotatable bonds is 5. The number of anilines is 1. The van der Waals surface area contributed by atoms with Crippen LogP contribution < -0.4 is 15.4 Å². The molecule has 1 unspecified atom stereocenters. The summed E-state index contributed by atoms with van der Waals surface area (Å²) in [6.07, 6.45) is 0.862. The lowest BCUT2D eigenvalue weighted by Crippen LogP contribution is -2.46. The van der Waals surface area contributed by atoms with Gasteiger partial charge in [0.25, 0.3) is 5.91 Å². The van der Waals surface area contributed by atoms with Crippen LogP contribution in [0.25, 0.3) is 0 Å². The maximum absolute atomic E-state index is 12.3. The number of amides is 1. The molecule has 0 spiro atoms. The van der Waals surface area contributed by atoms with Crippen molar-refractivity contribution in [3.63, 3.8) is 0 Å². The van der Waals surface area contributed by atoms with Crippen molar-refractivity contribution in [2.75, 3.05) is 50.9 Å². The van der Waals surface area contributed by atoms with Crippen LogP contribution in [-0.2, 0) is 9.53 Å². The Kier molecular flexibility index (Phi) is 5.15. The van der Waals surface area contributed by atoms with E-state index in [0.29, 0.717) is 6.54 Å². The molecule has 6 heteroatoms. The first-order chi connectivity index (χ1) is 11.2. The molecule has 0 aromatic heterocycles. The quantitative estimate of drug-likeness (QED) is 0.882. The molecule has 1 saturated heterocycles. The number of ether oxygens (including phenoxy) is 2. The number of nitrogens with zero attached hydrogens (tertiary/aromatic N) is 2. The fraction of sp³-hybridized carbons (Fsp3) is 0.588. The van der Waals surface area contributed by atoms with E-state index in [0.717, 1.165) is 56.3 Å². The van der Waals surface area contributed by atoms with Gasteiger partial charge < -0.3 is 20.1 Å². The average Bonchev–Trinajstić information content (AvgIpc) is 2.60. The zero-order chi connectivity index (χ0) is 16.2. The molecular weight excluding hydrogens is 294 g/mol. The SMILES string of the molecule is CCC(N)c1ccc2c(c1)N(CCN1CCOCC1)C(=O)CO2. The molecule has 0 saturated carbocycles. The molecule has 2 N–H and O–H groups in total. The normalized spacial score (nSPS) is 20.1. The molecule has 23 heavy (non-hydrogen) atoms. The number of morpholine rings is 1. The van der Waals surface area contributed by atoms with Crippen LogP contribution in [0.2, 0.25) is 0 Å². The van der Waals surface area contributed by atoms with Gasteiger partial charge in [-0.3, -0.25) is 9.69 Å². The first-order valence-electron chi connectivity index (χ1n) is 8.32. The Balaban J connectivity index is 1.76. The van der Waals surface area contributed by atoms with Crippen molar-refractivity contribution in [2.45, 2.75) is 19.4 Å². The molecule has 1 fully saturated rings. The monoisotopic (exact) mass is 319 g/mol. The van der Waals surface area contributed by atoms with Crippen LogP contribution in [0.15, 0.2) is 18.2 Å². The Labute approximate surface area is 137 Å². The molecule has 6 nitrogen and oxygen atoms in total. The highest BCUT2D eigenvalue weighted by Crippen LogP contribution is 2.34. The van der Waals surface area contributed by atoms with E-state index in [4.69, 9.17) is 15.2 Å². The average molecular weight is 319 g/mol. The van der Waals surface area contributed by atoms with Gasteiger partial charge in [0.15, 0.2) is 6.61 Å². The van der Waals surface area contributed by atoms with Gasteiger partial charge in [-0.25, -0.2) is 0 Å². The zero-order valence-electron chi connectivity index (χ0n) is 13.7. The fourth-order valence-electron chi connectivity index (χ4n) is 3.00. The second-order valence-electron chi connectivity index (χ2n) is 6.03. The molecule has 1 aromatic carbocycles. The number of hydrogen-bond donors (Lipinski definition) is 1. The molecule has 1 amide bonds. The number of hydrogen-bond acceptors (Lipinski definition) is 5. The van der Waals surface area contributed by atoms with Gasteiger partial charge in [0.2, 0.25) is 0 Å². The van der Waals surface area contributed by atoms with Gasteiger partial charge in [0, 0.05) is 32.2 Å². The summed E-state index contributed by atoms with van der Waals surface area (Å²) < 4.78 is 10.9. The summed E-state index contributed by atoms with van der Waals surface area (Å²) in [5.74, 6) is 0.770. The third-order valence-electron chi connectivity index (χ3n) is 4.54. The fourth-order valence-corrected chi connectivity index (χ4v) is 3.00. The van der Waals surface area contributed by atoms with E-state index < -0.39 is 0 Å². The summed E-state index contributed by atoms with van der Waals surface area (Å²) >= 11 is 0. The van der Waals surface area contributed by atoms with E-state index in [1.54, 1.807) is 0 Å². The van der Waals surface area contributed by atoms with E-state index in [1.165, 1.54) is 0 Å². The van der Waals surface area contributed by atoms with E-state index in [-0.39, 0.29) is 18.6 Å². The highest BCUT2D eigenvalue weighted by molar-refractivity contribution is 5.97. The molecule has 3 rings (SSSR count). The van der Waals surface area contributed by atoms with E-state index in [9.17, 15) is 4.79 Å². The van der Waals surface area contributed by atoms with Crippen LogP contribution in [0.1, 0.15) is 24.9 Å². The van der Waals surface area contributed by atoms with Crippen molar-refractivity contribution in [2.24, 2.45) is 5.73 Å². The van der Waals surface area contributed by atoms with E-state index >= 15 is 0 Å². The Bertz CT molecular complexity index is 558. The van der Waals surface area contributed by atoms with E-state index in [2.05, 4.69) is 11.8 Å². The second-order valence-corrected chi connectivity index (χ2v) is 6.03. The lowest BCUT2D eigenvalue weighted by molar-refractivity contribution is -0.121. The molecule has 126 valence electrons. The first kappa shape index (κ1) is 16.2. The molecule has 2 aliphatic heterocycles. The second kappa shape index (κ2) is 7.29. The minimum atomic E-state index is -0.0154. The third kappa shape index (κ3) is 3.65. The van der Waals surface area contributed by atoms with Crippen LogP contribution in [-0.4, -0.2) is 56.8 Å². The summed E-state index contributed by atoms with van der Waals surface area (Å²) in [5.41, 5.74) is 8.02. The van der Waals surface area contributed by atoms with Crippen molar-refractivity contribution >= 4 is 11.6 Å². The van der Waals surface area contributed by atoms with Crippen LogP contribution in [0.4, 0.5) is 5.69 Å². The predicted molar refractivity (Wildman–Crippen MR) is 88.8 cm³/mol. The molecule has 2 aliphatic rings. The van der Waals surface area contributed by atoms with Crippen LogP contribution in [0, 0.1) is 0 Å². The highest BCUT2D eigenvalue weighted by atomic mass is 16.5. The maximum atomic E-state index is 12.3. The number of fused-ring (bicyclic) bond motifs is 1. The van der Waals surface area contributed by atoms with Gasteiger partial charge in [0.1, 0.15) is 5.75 Å². The zero-order valence-corrected chi connectivity index (χ0v) is 13.7. The Hall–Kier alpha value is -1.63. The standard InChI is InChI=1S/C17H25N3O3/c1-2-14(18)13-3-4-16-15(11-13)20(17(21)12-23-16)6-5-19-7-9-22-10-8-19/h3-4,11,14H,2,5-10,12,18H2,1H3. The van der Waals surface area contributed by atoms with Gasteiger partial charge in [-0.2, -0.15) is 0 Å². The number of nitrogens with two attached hydrogens (primary N) is 1. The smallest absolute Gasteiger partial charge is 0.265 e. The number of carbonyl (C=O) groups is 1. The minimum Gasteiger partial charge on any atom is -0.482 e. The topological polar surface area (TPSA) is 68.0 Å². The largest absolute Gasteiger partial charge is 0.482 e. The summed E-state index contributed by atoms with van der Waals surface area (Å²) in [7, 11) is 0. The van der Waals surface area contributed by atoms with Crippen LogP contribution in [0.3, 0.4) is 0 Å². The maximum Gasteiger partial charge on any atom is 0.265 e. The molecule has 0 radical (unpaired) electrons. The Morgan fingerprint density at radius 3 is 2.78 bits per heavy atom. The summed E-state index contributed by atoms with van der Waals surface area (Å²) in [6.45, 7) is 7.06. The van der Waals surface area contributed by atoms with Crippen molar-refractivity contribution < 1.29 is 14.3 Å². The lowest BCUT2D eigenvalue weighted by Gasteiger charge is -2.33. The predicted octanol–water partition coefficient (Wildman–Crippen LogP) is 1.15. The first-order valence-corrected chi connectivity index (χ1v) is 8.32. The van der Waals surface area contributed by atoms with Crippen molar-refractivity contribution in [3.05, 3.63) is 23.8 Å². The highest BCUT2D eigenvalue weighted by Gasteiger charge is 2.26. The van der Waals surface area contributed by atoms with Gasteiger partial charge >= 0.3 is 0 Å². The van der Waals surface area contributed by atoms with Crippen LogP contribution in [0.5, 0.6) is 5.75 Å². The van der Waals surface area contributed by atoms with Crippen LogP contribution >= 0.6 is 0 Å². The summed E-state index contributed by atoms with van der Waals surface area (Å²) in [4.78, 5) is 16.5. The molecule has 2 heterocycles.